The fourth-order valence-electron chi connectivity index (χ4n) is 2.30. The lowest BCUT2D eigenvalue weighted by molar-refractivity contribution is 0.269. The first-order valence-corrected chi connectivity index (χ1v) is 7.89. The Morgan fingerprint density at radius 1 is 1.62 bits per heavy atom. The van der Waals surface area contributed by atoms with Gasteiger partial charge in [-0.3, -0.25) is 4.99 Å². The molecule has 0 aromatic heterocycles. The first-order chi connectivity index (χ1) is 7.70. The SMILES string of the molecule is CN(CC1CCCN1C)C1=NCC(CBr)S1. The van der Waals surface area contributed by atoms with Crippen LogP contribution in [-0.2, 0) is 0 Å². The van der Waals surface area contributed by atoms with E-state index >= 15 is 0 Å². The summed E-state index contributed by atoms with van der Waals surface area (Å²) < 4.78 is 0. The van der Waals surface area contributed by atoms with Crippen LogP contribution in [0.1, 0.15) is 12.8 Å². The Hall–Kier alpha value is 0.260. The Kier molecular flexibility index (Phi) is 4.56. The van der Waals surface area contributed by atoms with E-state index in [4.69, 9.17) is 0 Å². The van der Waals surface area contributed by atoms with Crippen molar-refractivity contribution in [3.63, 3.8) is 0 Å². The van der Waals surface area contributed by atoms with Gasteiger partial charge in [0.2, 0.25) is 0 Å². The number of nitrogens with zero attached hydrogens (tertiary/aromatic N) is 3. The van der Waals surface area contributed by atoms with Crippen LogP contribution in [0.5, 0.6) is 0 Å². The van der Waals surface area contributed by atoms with Gasteiger partial charge < -0.3 is 9.80 Å². The maximum absolute atomic E-state index is 4.61. The van der Waals surface area contributed by atoms with Crippen LogP contribution in [0.25, 0.3) is 0 Å². The summed E-state index contributed by atoms with van der Waals surface area (Å²) in [6.07, 6.45) is 2.68. The van der Waals surface area contributed by atoms with E-state index in [0.717, 1.165) is 24.5 Å². The minimum absolute atomic E-state index is 0.638. The normalized spacial score (nSPS) is 30.8. The average molecular weight is 306 g/mol. The second-order valence-electron chi connectivity index (χ2n) is 4.67. The van der Waals surface area contributed by atoms with E-state index < -0.39 is 0 Å². The fraction of sp³-hybridized carbons (Fsp3) is 0.909. The summed E-state index contributed by atoms with van der Waals surface area (Å²) in [5, 5.41) is 2.91. The lowest BCUT2D eigenvalue weighted by Gasteiger charge is -2.26. The predicted molar refractivity (Wildman–Crippen MR) is 75.8 cm³/mol. The molecule has 2 rings (SSSR count). The van der Waals surface area contributed by atoms with E-state index in [1.807, 2.05) is 11.8 Å². The van der Waals surface area contributed by atoms with Crippen molar-refractivity contribution in [3.05, 3.63) is 0 Å². The van der Waals surface area contributed by atoms with Crippen LogP contribution in [0.2, 0.25) is 0 Å². The molecule has 2 heterocycles. The monoisotopic (exact) mass is 305 g/mol. The molecular formula is C11H20BrN3S. The number of thioether (sulfide) groups is 1. The van der Waals surface area contributed by atoms with Gasteiger partial charge in [0, 0.05) is 30.2 Å². The molecule has 16 heavy (non-hydrogen) atoms. The smallest absolute Gasteiger partial charge is 0.159 e. The largest absolute Gasteiger partial charge is 0.353 e. The molecule has 3 nitrogen and oxygen atoms in total. The molecule has 0 aliphatic carbocycles. The van der Waals surface area contributed by atoms with Crippen molar-refractivity contribution in [3.8, 4) is 0 Å². The minimum Gasteiger partial charge on any atom is -0.353 e. The third-order valence-electron chi connectivity index (χ3n) is 3.36. The van der Waals surface area contributed by atoms with Crippen molar-refractivity contribution in [2.24, 2.45) is 4.99 Å². The molecule has 2 unspecified atom stereocenters. The van der Waals surface area contributed by atoms with E-state index in [0.29, 0.717) is 5.25 Å². The molecule has 0 aromatic rings. The number of alkyl halides is 1. The van der Waals surface area contributed by atoms with Crippen LogP contribution in [0.4, 0.5) is 0 Å². The predicted octanol–water partition coefficient (Wildman–Crippen LogP) is 1.88. The quantitative estimate of drug-likeness (QED) is 0.742. The summed E-state index contributed by atoms with van der Waals surface area (Å²) in [6, 6.07) is 0.719. The number of hydrogen-bond acceptors (Lipinski definition) is 4. The van der Waals surface area contributed by atoms with Gasteiger partial charge >= 0.3 is 0 Å². The van der Waals surface area contributed by atoms with Gasteiger partial charge in [-0.15, -0.1) is 0 Å². The highest BCUT2D eigenvalue weighted by atomic mass is 79.9. The summed E-state index contributed by atoms with van der Waals surface area (Å²) in [4.78, 5) is 9.42. The Bertz CT molecular complexity index is 272. The molecule has 2 aliphatic rings. The van der Waals surface area contributed by atoms with Gasteiger partial charge in [0.15, 0.2) is 5.17 Å². The summed E-state index contributed by atoms with van der Waals surface area (Å²) in [5.41, 5.74) is 0. The molecule has 0 N–H and O–H groups in total. The first kappa shape index (κ1) is 12.7. The zero-order chi connectivity index (χ0) is 11.5. The van der Waals surface area contributed by atoms with Crippen LogP contribution in [0, 0.1) is 0 Å². The molecule has 0 aromatic carbocycles. The van der Waals surface area contributed by atoms with Crippen LogP contribution in [0.15, 0.2) is 4.99 Å². The molecule has 0 radical (unpaired) electrons. The van der Waals surface area contributed by atoms with Gasteiger partial charge in [-0.2, -0.15) is 0 Å². The number of halogens is 1. The number of rotatable bonds is 3. The van der Waals surface area contributed by atoms with E-state index in [1.54, 1.807) is 0 Å². The fourth-order valence-corrected chi connectivity index (χ4v) is 3.81. The lowest BCUT2D eigenvalue weighted by atomic mass is 10.2. The van der Waals surface area contributed by atoms with E-state index in [1.165, 1.54) is 24.6 Å². The van der Waals surface area contributed by atoms with Crippen LogP contribution in [0.3, 0.4) is 0 Å². The van der Waals surface area contributed by atoms with Gasteiger partial charge in [-0.25, -0.2) is 0 Å². The molecule has 0 amide bonds. The second-order valence-corrected chi connectivity index (χ2v) is 6.59. The maximum atomic E-state index is 4.61. The third-order valence-corrected chi connectivity index (χ3v) is 5.87. The summed E-state index contributed by atoms with van der Waals surface area (Å²) in [5.74, 6) is 0. The van der Waals surface area contributed by atoms with Gasteiger partial charge in [-0.1, -0.05) is 27.7 Å². The minimum atomic E-state index is 0.638. The van der Waals surface area contributed by atoms with Gasteiger partial charge in [-0.05, 0) is 26.4 Å². The zero-order valence-corrected chi connectivity index (χ0v) is 12.4. The van der Waals surface area contributed by atoms with E-state index in [2.05, 4.69) is 44.8 Å². The van der Waals surface area contributed by atoms with E-state index in [9.17, 15) is 0 Å². The molecule has 5 heteroatoms. The highest BCUT2D eigenvalue weighted by Gasteiger charge is 2.26. The van der Waals surface area contributed by atoms with Crippen LogP contribution in [-0.4, -0.2) is 65.3 Å². The molecule has 2 atom stereocenters. The molecule has 0 bridgehead atoms. The number of amidine groups is 1. The molecule has 2 aliphatic heterocycles. The maximum Gasteiger partial charge on any atom is 0.159 e. The number of likely N-dealkylation sites (N-methyl/N-ethyl adjacent to an activating group) is 2. The second kappa shape index (κ2) is 5.74. The van der Waals surface area contributed by atoms with Crippen molar-refractivity contribution in [2.75, 3.05) is 39.1 Å². The number of hydrogen-bond donors (Lipinski definition) is 0. The third kappa shape index (κ3) is 2.93. The topological polar surface area (TPSA) is 18.8 Å². The van der Waals surface area contributed by atoms with Crippen molar-refractivity contribution in [2.45, 2.75) is 24.1 Å². The molecule has 1 saturated heterocycles. The average Bonchev–Trinajstić information content (AvgIpc) is 2.88. The van der Waals surface area contributed by atoms with Crippen molar-refractivity contribution >= 4 is 32.9 Å². The molecule has 0 spiro atoms. The van der Waals surface area contributed by atoms with Gasteiger partial charge in [0.25, 0.3) is 0 Å². The number of likely N-dealkylation sites (tertiary alicyclic amines) is 1. The van der Waals surface area contributed by atoms with Gasteiger partial charge in [0.1, 0.15) is 0 Å². The molecule has 92 valence electrons. The summed E-state index contributed by atoms with van der Waals surface area (Å²) >= 11 is 5.44. The van der Waals surface area contributed by atoms with Crippen molar-refractivity contribution in [1.82, 2.24) is 9.80 Å². The molecule has 0 saturated carbocycles. The molecular weight excluding hydrogens is 286 g/mol. The Morgan fingerprint density at radius 2 is 2.44 bits per heavy atom. The Morgan fingerprint density at radius 3 is 3.00 bits per heavy atom. The van der Waals surface area contributed by atoms with Crippen molar-refractivity contribution in [1.29, 1.82) is 0 Å². The highest BCUT2D eigenvalue weighted by Crippen LogP contribution is 2.25. The van der Waals surface area contributed by atoms with Gasteiger partial charge in [0.05, 0.1) is 6.54 Å². The first-order valence-electron chi connectivity index (χ1n) is 5.89. The van der Waals surface area contributed by atoms with Crippen molar-refractivity contribution < 1.29 is 0 Å². The lowest BCUT2D eigenvalue weighted by Crippen LogP contribution is -2.38. The summed E-state index contributed by atoms with van der Waals surface area (Å²) in [6.45, 7) is 3.34. The van der Waals surface area contributed by atoms with E-state index in [-0.39, 0.29) is 0 Å². The zero-order valence-electron chi connectivity index (χ0n) is 10.0. The highest BCUT2D eigenvalue weighted by molar-refractivity contribution is 9.09. The summed E-state index contributed by atoms with van der Waals surface area (Å²) in [7, 11) is 4.41. The standard InChI is InChI=1S/C11H20BrN3S/c1-14-5-3-4-9(14)8-15(2)11-13-7-10(6-12)16-11/h9-10H,3-8H2,1-2H3. The number of aliphatic imine (C=N–C) groups is 1. The van der Waals surface area contributed by atoms with Crippen LogP contribution < -0.4 is 0 Å². The molecule has 1 fully saturated rings. The Labute approximate surface area is 111 Å². The Balaban J connectivity index is 1.82. The van der Waals surface area contributed by atoms with Crippen LogP contribution >= 0.6 is 27.7 Å².